The number of carbonyl (C=O) groups excluding carboxylic acids is 1. The summed E-state index contributed by atoms with van der Waals surface area (Å²) in [4.78, 5) is 18.7. The molecule has 0 radical (unpaired) electrons. The predicted octanol–water partition coefficient (Wildman–Crippen LogP) is 2.86. The van der Waals surface area contributed by atoms with Crippen LogP contribution in [0.3, 0.4) is 0 Å². The molecule has 0 unspecified atom stereocenters. The van der Waals surface area contributed by atoms with Crippen molar-refractivity contribution in [2.75, 3.05) is 24.5 Å². The number of aromatic nitrogens is 1. The molecule has 1 aromatic heterocycles. The van der Waals surface area contributed by atoms with Crippen LogP contribution in [0.5, 0.6) is 0 Å². The maximum atomic E-state index is 12.9. The van der Waals surface area contributed by atoms with Crippen LogP contribution in [-0.2, 0) is 11.2 Å². The molecule has 1 fully saturated rings. The minimum atomic E-state index is -0.279. The van der Waals surface area contributed by atoms with Crippen molar-refractivity contribution >= 4 is 22.4 Å². The molecule has 0 bridgehead atoms. The second kappa shape index (κ2) is 7.55. The van der Waals surface area contributed by atoms with E-state index in [-0.39, 0.29) is 11.7 Å². The molecule has 1 aliphatic rings. The molecule has 2 heterocycles. The smallest absolute Gasteiger partial charge is 0.224 e. The first-order valence-electron chi connectivity index (χ1n) is 7.86. The van der Waals surface area contributed by atoms with Gasteiger partial charge in [-0.2, -0.15) is 0 Å². The van der Waals surface area contributed by atoms with Gasteiger partial charge in [-0.25, -0.2) is 9.37 Å². The summed E-state index contributed by atoms with van der Waals surface area (Å²) in [6.07, 6.45) is 4.37. The van der Waals surface area contributed by atoms with Crippen LogP contribution in [0.4, 0.5) is 9.52 Å². The summed E-state index contributed by atoms with van der Waals surface area (Å²) in [6, 6.07) is 6.07. The molecule has 0 saturated carbocycles. The van der Waals surface area contributed by atoms with Gasteiger partial charge in [-0.15, -0.1) is 11.3 Å². The number of carbonyl (C=O) groups is 1. The van der Waals surface area contributed by atoms with Crippen molar-refractivity contribution in [3.05, 3.63) is 47.2 Å². The summed E-state index contributed by atoms with van der Waals surface area (Å²) in [5.74, 6) is 0.159. The van der Waals surface area contributed by atoms with Crippen molar-refractivity contribution in [3.63, 3.8) is 0 Å². The molecule has 1 atom stereocenters. The Hall–Kier alpha value is -1.95. The van der Waals surface area contributed by atoms with Gasteiger partial charge < -0.3 is 10.2 Å². The fourth-order valence-electron chi connectivity index (χ4n) is 2.89. The molecule has 1 saturated heterocycles. The minimum Gasteiger partial charge on any atom is -0.355 e. The number of anilines is 1. The zero-order valence-electron chi connectivity index (χ0n) is 12.9. The van der Waals surface area contributed by atoms with E-state index < -0.39 is 0 Å². The van der Waals surface area contributed by atoms with E-state index in [0.717, 1.165) is 36.6 Å². The van der Waals surface area contributed by atoms with E-state index in [2.05, 4.69) is 15.2 Å². The van der Waals surface area contributed by atoms with Crippen molar-refractivity contribution in [1.29, 1.82) is 0 Å². The molecule has 0 aliphatic carbocycles. The molecule has 3 rings (SSSR count). The Balaban J connectivity index is 1.46. The third-order valence-corrected chi connectivity index (χ3v) is 4.91. The molecule has 1 N–H and O–H groups in total. The number of halogens is 1. The largest absolute Gasteiger partial charge is 0.355 e. The molecule has 1 amide bonds. The molecule has 6 heteroatoms. The van der Waals surface area contributed by atoms with E-state index >= 15 is 0 Å². The van der Waals surface area contributed by atoms with Gasteiger partial charge in [0.15, 0.2) is 5.13 Å². The normalized spacial score (nSPS) is 18.0. The van der Waals surface area contributed by atoms with E-state index in [1.54, 1.807) is 23.5 Å². The molecule has 122 valence electrons. The average Bonchev–Trinajstić information content (AvgIpc) is 3.10. The lowest BCUT2D eigenvalue weighted by atomic mass is 9.98. The van der Waals surface area contributed by atoms with E-state index in [0.29, 0.717) is 18.9 Å². The van der Waals surface area contributed by atoms with Gasteiger partial charge in [0.25, 0.3) is 0 Å². The molecule has 2 aromatic rings. The summed E-state index contributed by atoms with van der Waals surface area (Å²) in [7, 11) is 0. The Morgan fingerprint density at radius 3 is 2.96 bits per heavy atom. The molecule has 4 nitrogen and oxygen atoms in total. The van der Waals surface area contributed by atoms with E-state index in [1.165, 1.54) is 12.1 Å². The maximum absolute atomic E-state index is 12.9. The van der Waals surface area contributed by atoms with Crippen LogP contribution < -0.4 is 10.2 Å². The average molecular weight is 333 g/mol. The zero-order valence-corrected chi connectivity index (χ0v) is 13.7. The highest BCUT2D eigenvalue weighted by molar-refractivity contribution is 7.13. The molecular formula is C17H20FN3OS. The highest BCUT2D eigenvalue weighted by Gasteiger charge is 2.21. The van der Waals surface area contributed by atoms with Gasteiger partial charge in [-0.1, -0.05) is 12.1 Å². The first kappa shape index (κ1) is 15.9. The number of benzene rings is 1. The van der Waals surface area contributed by atoms with Crippen molar-refractivity contribution in [3.8, 4) is 0 Å². The molecule has 1 aliphatic heterocycles. The van der Waals surface area contributed by atoms with Crippen LogP contribution >= 0.6 is 11.3 Å². The van der Waals surface area contributed by atoms with Crippen molar-refractivity contribution < 1.29 is 9.18 Å². The monoisotopic (exact) mass is 333 g/mol. The van der Waals surface area contributed by atoms with Gasteiger partial charge in [0.1, 0.15) is 5.82 Å². The second-order valence-corrected chi connectivity index (χ2v) is 6.75. The van der Waals surface area contributed by atoms with Crippen LogP contribution in [0.1, 0.15) is 18.4 Å². The number of hydrogen-bond donors (Lipinski definition) is 1. The lowest BCUT2D eigenvalue weighted by Crippen LogP contribution is -2.41. The molecule has 1 aromatic carbocycles. The van der Waals surface area contributed by atoms with Crippen molar-refractivity contribution in [1.82, 2.24) is 10.3 Å². The van der Waals surface area contributed by atoms with E-state index in [1.807, 2.05) is 11.6 Å². The second-order valence-electron chi connectivity index (χ2n) is 5.88. The van der Waals surface area contributed by atoms with Gasteiger partial charge in [-0.05, 0) is 36.5 Å². The lowest BCUT2D eigenvalue weighted by molar-refractivity contribution is -0.120. The van der Waals surface area contributed by atoms with Crippen LogP contribution in [-0.4, -0.2) is 30.5 Å². The Kier molecular flexibility index (Phi) is 5.23. The fourth-order valence-corrected chi connectivity index (χ4v) is 3.57. The standard InChI is InChI=1S/C17H20FN3OS/c18-15-5-3-13(4-6-15)10-16(22)20-11-14-2-1-8-21(12-14)17-19-7-9-23-17/h3-7,9,14H,1-2,8,10-12H2,(H,20,22)/t14-/m0/s1. The Morgan fingerprint density at radius 1 is 1.39 bits per heavy atom. The Morgan fingerprint density at radius 2 is 2.22 bits per heavy atom. The van der Waals surface area contributed by atoms with E-state index in [4.69, 9.17) is 0 Å². The number of amides is 1. The summed E-state index contributed by atoms with van der Waals surface area (Å²) in [5, 5.41) is 6.06. The van der Waals surface area contributed by atoms with Gasteiger partial charge in [-0.3, -0.25) is 4.79 Å². The number of hydrogen-bond acceptors (Lipinski definition) is 4. The van der Waals surface area contributed by atoms with Crippen LogP contribution in [0.15, 0.2) is 35.8 Å². The van der Waals surface area contributed by atoms with E-state index in [9.17, 15) is 9.18 Å². The van der Waals surface area contributed by atoms with Crippen LogP contribution in [0, 0.1) is 11.7 Å². The molecular weight excluding hydrogens is 313 g/mol. The summed E-state index contributed by atoms with van der Waals surface area (Å²) >= 11 is 1.66. The lowest BCUT2D eigenvalue weighted by Gasteiger charge is -2.32. The first-order chi connectivity index (χ1) is 11.2. The van der Waals surface area contributed by atoms with Crippen molar-refractivity contribution in [2.24, 2.45) is 5.92 Å². The number of nitrogens with one attached hydrogen (secondary N) is 1. The summed E-state index contributed by atoms with van der Waals surface area (Å²) in [6.45, 7) is 2.65. The minimum absolute atomic E-state index is 0.0111. The van der Waals surface area contributed by atoms with Gasteiger partial charge in [0, 0.05) is 31.2 Å². The van der Waals surface area contributed by atoms with Crippen LogP contribution in [0.2, 0.25) is 0 Å². The third kappa shape index (κ3) is 4.51. The highest BCUT2D eigenvalue weighted by Crippen LogP contribution is 2.24. The maximum Gasteiger partial charge on any atom is 0.224 e. The van der Waals surface area contributed by atoms with Gasteiger partial charge >= 0.3 is 0 Å². The Labute approximate surface area is 139 Å². The molecule has 0 spiro atoms. The highest BCUT2D eigenvalue weighted by atomic mass is 32.1. The number of nitrogens with zero attached hydrogens (tertiary/aromatic N) is 2. The summed E-state index contributed by atoms with van der Waals surface area (Å²) < 4.78 is 12.9. The van der Waals surface area contributed by atoms with Gasteiger partial charge in [0.2, 0.25) is 5.91 Å². The first-order valence-corrected chi connectivity index (χ1v) is 8.74. The van der Waals surface area contributed by atoms with Gasteiger partial charge in [0.05, 0.1) is 6.42 Å². The zero-order chi connectivity index (χ0) is 16.1. The Bertz CT molecular complexity index is 630. The topological polar surface area (TPSA) is 45.2 Å². The van der Waals surface area contributed by atoms with Crippen molar-refractivity contribution in [2.45, 2.75) is 19.3 Å². The van der Waals surface area contributed by atoms with Crippen LogP contribution in [0.25, 0.3) is 0 Å². The quantitative estimate of drug-likeness (QED) is 0.915. The number of piperidine rings is 1. The predicted molar refractivity (Wildman–Crippen MR) is 90.2 cm³/mol. The number of rotatable bonds is 5. The fraction of sp³-hybridized carbons (Fsp3) is 0.412. The number of thiazole rings is 1. The molecule has 23 heavy (non-hydrogen) atoms. The summed E-state index contributed by atoms with van der Waals surface area (Å²) in [5.41, 5.74) is 0.831. The third-order valence-electron chi connectivity index (χ3n) is 4.07. The SMILES string of the molecule is O=C(Cc1ccc(F)cc1)NC[C@@H]1CCCN(c2nccs2)C1.